The highest BCUT2D eigenvalue weighted by Gasteiger charge is 2.15. The van der Waals surface area contributed by atoms with Crippen LogP contribution in [0.4, 0.5) is 4.39 Å². The maximum Gasteiger partial charge on any atom is 0.250 e. The third-order valence-corrected chi connectivity index (χ3v) is 3.56. The zero-order chi connectivity index (χ0) is 14.0. The largest absolute Gasteiger partial charge is 0.366 e. The highest BCUT2D eigenvalue weighted by Crippen LogP contribution is 2.30. The molecule has 0 aliphatic rings. The molecule has 2 rings (SSSR count). The van der Waals surface area contributed by atoms with Crippen LogP contribution in [0.3, 0.4) is 0 Å². The lowest BCUT2D eigenvalue weighted by Gasteiger charge is -2.10. The molecule has 0 unspecified atom stereocenters. The molecule has 0 aromatic heterocycles. The quantitative estimate of drug-likeness (QED) is 0.919. The molecule has 2 N–H and O–H groups in total. The lowest BCUT2D eigenvalue weighted by atomic mass is 10.0. The minimum atomic E-state index is -0.642. The zero-order valence-electron chi connectivity index (χ0n) is 9.79. The predicted octanol–water partition coefficient (Wildman–Crippen LogP) is 3.82. The van der Waals surface area contributed by atoms with Crippen molar-refractivity contribution in [2.75, 3.05) is 0 Å². The second-order valence-corrected chi connectivity index (χ2v) is 4.81. The maximum absolute atomic E-state index is 13.6. The molecule has 2 aromatic carbocycles. The average molecular weight is 298 g/mol. The molecule has 2 nitrogen and oxygen atoms in total. The van der Waals surface area contributed by atoms with Crippen molar-refractivity contribution < 1.29 is 9.18 Å². The van der Waals surface area contributed by atoms with Crippen molar-refractivity contribution in [3.05, 3.63) is 69.0 Å². The highest BCUT2D eigenvalue weighted by molar-refractivity contribution is 6.38. The van der Waals surface area contributed by atoms with Crippen LogP contribution >= 0.6 is 23.2 Å². The summed E-state index contributed by atoms with van der Waals surface area (Å²) in [6.45, 7) is 0. The molecule has 0 aliphatic heterocycles. The van der Waals surface area contributed by atoms with Crippen molar-refractivity contribution >= 4 is 29.1 Å². The van der Waals surface area contributed by atoms with Gasteiger partial charge in [-0.2, -0.15) is 0 Å². The molecule has 2 aromatic rings. The number of benzene rings is 2. The van der Waals surface area contributed by atoms with E-state index in [9.17, 15) is 9.18 Å². The summed E-state index contributed by atoms with van der Waals surface area (Å²) in [5, 5.41) is 0.543. The van der Waals surface area contributed by atoms with Gasteiger partial charge in [-0.3, -0.25) is 4.79 Å². The molecule has 98 valence electrons. The molecule has 0 aliphatic carbocycles. The molecule has 1 amide bonds. The first-order chi connectivity index (χ1) is 9.00. The van der Waals surface area contributed by atoms with Crippen LogP contribution in [0.2, 0.25) is 10.0 Å². The van der Waals surface area contributed by atoms with Crippen LogP contribution in [-0.2, 0) is 6.42 Å². The second-order valence-electron chi connectivity index (χ2n) is 4.02. The minimum Gasteiger partial charge on any atom is -0.366 e. The number of carbonyl (C=O) groups is 1. The molecule has 0 saturated carbocycles. The van der Waals surface area contributed by atoms with Gasteiger partial charge in [-0.25, -0.2) is 4.39 Å². The fraction of sp³-hybridized carbons (Fsp3) is 0.0714. The van der Waals surface area contributed by atoms with Gasteiger partial charge >= 0.3 is 0 Å². The molecule has 19 heavy (non-hydrogen) atoms. The Balaban J connectivity index is 2.48. The zero-order valence-corrected chi connectivity index (χ0v) is 11.3. The summed E-state index contributed by atoms with van der Waals surface area (Å²) in [5.41, 5.74) is 6.34. The van der Waals surface area contributed by atoms with E-state index in [1.807, 2.05) is 0 Å². The van der Waals surface area contributed by atoms with E-state index in [2.05, 4.69) is 0 Å². The monoisotopic (exact) mass is 297 g/mol. The van der Waals surface area contributed by atoms with Crippen LogP contribution in [0, 0.1) is 5.82 Å². The van der Waals surface area contributed by atoms with Crippen LogP contribution in [-0.4, -0.2) is 5.91 Å². The van der Waals surface area contributed by atoms with Gasteiger partial charge in [-0.1, -0.05) is 41.4 Å². The Morgan fingerprint density at radius 2 is 1.84 bits per heavy atom. The minimum absolute atomic E-state index is 0.170. The summed E-state index contributed by atoms with van der Waals surface area (Å²) in [7, 11) is 0. The van der Waals surface area contributed by atoms with Crippen LogP contribution in [0.15, 0.2) is 36.4 Å². The number of rotatable bonds is 3. The molecule has 0 saturated heterocycles. The van der Waals surface area contributed by atoms with E-state index in [-0.39, 0.29) is 22.8 Å². The van der Waals surface area contributed by atoms with E-state index in [1.165, 1.54) is 18.2 Å². The molecule has 5 heteroatoms. The third-order valence-electron chi connectivity index (χ3n) is 2.78. The molecular formula is C14H10Cl2FNO. The lowest BCUT2D eigenvalue weighted by molar-refractivity contribution is 0.100. The van der Waals surface area contributed by atoms with Crippen molar-refractivity contribution in [1.29, 1.82) is 0 Å². The molecule has 0 bridgehead atoms. The van der Waals surface area contributed by atoms with E-state index in [1.54, 1.807) is 18.2 Å². The Kier molecular flexibility index (Phi) is 4.08. The molecule has 0 radical (unpaired) electrons. The molecule has 0 spiro atoms. The summed E-state index contributed by atoms with van der Waals surface area (Å²) in [4.78, 5) is 11.2. The van der Waals surface area contributed by atoms with Gasteiger partial charge in [0, 0.05) is 11.4 Å². The van der Waals surface area contributed by atoms with E-state index in [0.717, 1.165) is 0 Å². The average Bonchev–Trinajstić information content (AvgIpc) is 2.36. The van der Waals surface area contributed by atoms with Crippen molar-refractivity contribution in [2.45, 2.75) is 6.42 Å². The van der Waals surface area contributed by atoms with Gasteiger partial charge < -0.3 is 5.73 Å². The van der Waals surface area contributed by atoms with Gasteiger partial charge in [0.15, 0.2) is 0 Å². The van der Waals surface area contributed by atoms with E-state index in [0.29, 0.717) is 16.1 Å². The number of carbonyl (C=O) groups excluding carboxylic acids is 1. The predicted molar refractivity (Wildman–Crippen MR) is 74.2 cm³/mol. The summed E-state index contributed by atoms with van der Waals surface area (Å²) in [6, 6.07) is 9.30. The van der Waals surface area contributed by atoms with Crippen LogP contribution in [0.1, 0.15) is 21.5 Å². The Morgan fingerprint density at radius 1 is 1.16 bits per heavy atom. The Labute approximate surface area is 119 Å². The summed E-state index contributed by atoms with van der Waals surface area (Å²) >= 11 is 12.2. The van der Waals surface area contributed by atoms with E-state index < -0.39 is 5.91 Å². The van der Waals surface area contributed by atoms with Crippen LogP contribution < -0.4 is 5.73 Å². The number of amides is 1. The van der Waals surface area contributed by atoms with Gasteiger partial charge in [-0.05, 0) is 29.3 Å². The lowest BCUT2D eigenvalue weighted by Crippen LogP contribution is -2.12. The van der Waals surface area contributed by atoms with Gasteiger partial charge in [0.25, 0.3) is 0 Å². The SMILES string of the molecule is NC(=O)c1ccc(Cl)c(Cc2ccccc2F)c1Cl. The first-order valence-electron chi connectivity index (χ1n) is 5.50. The third kappa shape index (κ3) is 2.88. The Morgan fingerprint density at radius 3 is 2.47 bits per heavy atom. The summed E-state index contributed by atoms with van der Waals surface area (Å²) in [5.74, 6) is -0.990. The highest BCUT2D eigenvalue weighted by atomic mass is 35.5. The standard InChI is InChI=1S/C14H10Cl2FNO/c15-11-6-5-9(14(18)19)13(16)10(11)7-8-3-1-2-4-12(8)17/h1-6H,7H2,(H2,18,19). The summed E-state index contributed by atoms with van der Waals surface area (Å²) in [6.07, 6.45) is 0.200. The topological polar surface area (TPSA) is 43.1 Å². The fourth-order valence-corrected chi connectivity index (χ4v) is 2.38. The number of nitrogens with two attached hydrogens (primary N) is 1. The number of hydrogen-bond donors (Lipinski definition) is 1. The molecule has 0 fully saturated rings. The van der Waals surface area contributed by atoms with Gasteiger partial charge in [0.05, 0.1) is 10.6 Å². The van der Waals surface area contributed by atoms with Gasteiger partial charge in [-0.15, -0.1) is 0 Å². The van der Waals surface area contributed by atoms with Crippen molar-refractivity contribution in [3.8, 4) is 0 Å². The fourth-order valence-electron chi connectivity index (χ4n) is 1.78. The van der Waals surface area contributed by atoms with E-state index >= 15 is 0 Å². The maximum atomic E-state index is 13.6. The van der Waals surface area contributed by atoms with Crippen LogP contribution in [0.5, 0.6) is 0 Å². The Hall–Kier alpha value is -1.58. The normalized spacial score (nSPS) is 10.5. The first-order valence-corrected chi connectivity index (χ1v) is 6.26. The van der Waals surface area contributed by atoms with Gasteiger partial charge in [0.2, 0.25) is 5.91 Å². The van der Waals surface area contributed by atoms with E-state index in [4.69, 9.17) is 28.9 Å². The molecule has 0 heterocycles. The number of primary amides is 1. The first kappa shape index (κ1) is 13.8. The Bertz CT molecular complexity index is 643. The number of halogens is 3. The van der Waals surface area contributed by atoms with Crippen molar-refractivity contribution in [3.63, 3.8) is 0 Å². The second kappa shape index (κ2) is 5.59. The molecular weight excluding hydrogens is 288 g/mol. The van der Waals surface area contributed by atoms with Crippen molar-refractivity contribution in [2.24, 2.45) is 5.73 Å². The summed E-state index contributed by atoms with van der Waals surface area (Å²) < 4.78 is 13.6. The van der Waals surface area contributed by atoms with Crippen molar-refractivity contribution in [1.82, 2.24) is 0 Å². The van der Waals surface area contributed by atoms with Gasteiger partial charge in [0.1, 0.15) is 5.82 Å². The molecule has 0 atom stereocenters. The number of hydrogen-bond acceptors (Lipinski definition) is 1. The van der Waals surface area contributed by atoms with Crippen LogP contribution in [0.25, 0.3) is 0 Å². The smallest absolute Gasteiger partial charge is 0.250 e.